The minimum atomic E-state index is -0.306. The van der Waals surface area contributed by atoms with E-state index in [1.54, 1.807) is 42.5 Å². The monoisotopic (exact) mass is 243 g/mol. The first-order valence-electron chi connectivity index (χ1n) is 5.34. The first-order valence-corrected chi connectivity index (χ1v) is 5.34. The molecule has 0 N–H and O–H groups in total. The Hall–Kier alpha value is -2.45. The Morgan fingerprint density at radius 3 is 2.78 bits per heavy atom. The van der Waals surface area contributed by atoms with Crippen LogP contribution in [0.1, 0.15) is 5.56 Å². The summed E-state index contributed by atoms with van der Waals surface area (Å²) in [6.07, 6.45) is 1.45. The van der Waals surface area contributed by atoms with Gasteiger partial charge in [0.15, 0.2) is 0 Å². The maximum atomic E-state index is 13.3. The molecule has 0 aromatic heterocycles. The van der Waals surface area contributed by atoms with Crippen LogP contribution in [0.5, 0.6) is 5.75 Å². The molecule has 0 atom stereocenters. The SMILES string of the molecule is O=C=Nc1cccc(OCc2ccccc2F)c1. The lowest BCUT2D eigenvalue weighted by Gasteiger charge is -2.07. The Balaban J connectivity index is 2.08. The molecule has 0 aliphatic carbocycles. The minimum absolute atomic E-state index is 0.126. The predicted octanol–water partition coefficient (Wildman–Crippen LogP) is 3.37. The molecule has 3 nitrogen and oxygen atoms in total. The van der Waals surface area contributed by atoms with Crippen LogP contribution in [0.25, 0.3) is 0 Å². The number of rotatable bonds is 4. The molecule has 0 fully saturated rings. The van der Waals surface area contributed by atoms with Crippen LogP contribution >= 0.6 is 0 Å². The summed E-state index contributed by atoms with van der Waals surface area (Å²) in [5.74, 6) is 0.217. The Bertz CT molecular complexity index is 592. The minimum Gasteiger partial charge on any atom is -0.489 e. The third-order valence-corrected chi connectivity index (χ3v) is 2.34. The summed E-state index contributed by atoms with van der Waals surface area (Å²) < 4.78 is 18.8. The summed E-state index contributed by atoms with van der Waals surface area (Å²) in [4.78, 5) is 13.6. The number of carbonyl (C=O) groups excluding carboxylic acids is 1. The van der Waals surface area contributed by atoms with Gasteiger partial charge in [0.05, 0.1) is 5.69 Å². The van der Waals surface area contributed by atoms with Gasteiger partial charge in [-0.15, -0.1) is 0 Å². The van der Waals surface area contributed by atoms with Gasteiger partial charge in [0.25, 0.3) is 0 Å². The van der Waals surface area contributed by atoms with Gasteiger partial charge in [-0.3, -0.25) is 0 Å². The molecule has 0 aliphatic heterocycles. The van der Waals surface area contributed by atoms with Crippen molar-refractivity contribution < 1.29 is 13.9 Å². The van der Waals surface area contributed by atoms with Gasteiger partial charge in [-0.2, -0.15) is 4.99 Å². The fourth-order valence-electron chi connectivity index (χ4n) is 1.47. The lowest BCUT2D eigenvalue weighted by Crippen LogP contribution is -1.97. The van der Waals surface area contributed by atoms with Gasteiger partial charge in [0, 0.05) is 11.6 Å². The van der Waals surface area contributed by atoms with Crippen molar-refractivity contribution >= 4 is 11.8 Å². The molecule has 90 valence electrons. The standard InChI is InChI=1S/C14H10FNO2/c15-14-7-2-1-4-11(14)9-18-13-6-3-5-12(8-13)16-10-17/h1-8H,9H2. The molecular formula is C14H10FNO2. The Labute approximate surface area is 104 Å². The van der Waals surface area contributed by atoms with Crippen LogP contribution in [0.4, 0.5) is 10.1 Å². The number of hydrogen-bond acceptors (Lipinski definition) is 3. The van der Waals surface area contributed by atoms with E-state index in [9.17, 15) is 9.18 Å². The van der Waals surface area contributed by atoms with Gasteiger partial charge in [-0.1, -0.05) is 24.3 Å². The molecule has 0 radical (unpaired) electrons. The normalized spacial score (nSPS) is 9.61. The number of ether oxygens (including phenoxy) is 1. The van der Waals surface area contributed by atoms with Crippen molar-refractivity contribution in [3.8, 4) is 5.75 Å². The van der Waals surface area contributed by atoms with Crippen molar-refractivity contribution in [3.63, 3.8) is 0 Å². The first kappa shape index (κ1) is 12.0. The van der Waals surface area contributed by atoms with E-state index in [0.29, 0.717) is 17.0 Å². The Morgan fingerprint density at radius 1 is 1.17 bits per heavy atom. The third kappa shape index (κ3) is 3.03. The van der Waals surface area contributed by atoms with E-state index in [1.165, 1.54) is 12.1 Å². The second-order valence-corrected chi connectivity index (χ2v) is 3.58. The molecule has 0 aliphatic rings. The lowest BCUT2D eigenvalue weighted by atomic mass is 10.2. The molecule has 2 aromatic carbocycles. The average molecular weight is 243 g/mol. The van der Waals surface area contributed by atoms with Gasteiger partial charge in [0.1, 0.15) is 18.2 Å². The van der Waals surface area contributed by atoms with E-state index in [0.717, 1.165) is 0 Å². The summed E-state index contributed by atoms with van der Waals surface area (Å²) in [5.41, 5.74) is 0.929. The summed E-state index contributed by atoms with van der Waals surface area (Å²) in [5, 5.41) is 0. The fraction of sp³-hybridized carbons (Fsp3) is 0.0714. The molecule has 0 spiro atoms. The van der Waals surface area contributed by atoms with Crippen LogP contribution in [-0.2, 0) is 11.4 Å². The molecule has 0 bridgehead atoms. The predicted molar refractivity (Wildman–Crippen MR) is 65.0 cm³/mol. The van der Waals surface area contributed by atoms with Crippen molar-refractivity contribution in [2.24, 2.45) is 4.99 Å². The molecule has 0 unspecified atom stereocenters. The molecule has 0 saturated carbocycles. The second kappa shape index (κ2) is 5.75. The van der Waals surface area contributed by atoms with Crippen LogP contribution < -0.4 is 4.74 Å². The molecule has 2 rings (SSSR count). The molecule has 0 saturated heterocycles. The van der Waals surface area contributed by atoms with Crippen LogP contribution in [0.15, 0.2) is 53.5 Å². The number of aliphatic imine (C=N–C) groups is 1. The highest BCUT2D eigenvalue weighted by molar-refractivity contribution is 5.51. The van der Waals surface area contributed by atoms with Crippen LogP contribution in [-0.4, -0.2) is 6.08 Å². The summed E-state index contributed by atoms with van der Waals surface area (Å²) in [6.45, 7) is 0.126. The number of isocyanates is 1. The molecular weight excluding hydrogens is 233 g/mol. The number of halogens is 1. The molecule has 2 aromatic rings. The highest BCUT2D eigenvalue weighted by Gasteiger charge is 2.02. The maximum Gasteiger partial charge on any atom is 0.240 e. The smallest absolute Gasteiger partial charge is 0.240 e. The summed E-state index contributed by atoms with van der Waals surface area (Å²) in [7, 11) is 0. The number of hydrogen-bond donors (Lipinski definition) is 0. The van der Waals surface area contributed by atoms with Crippen molar-refractivity contribution in [1.82, 2.24) is 0 Å². The van der Waals surface area contributed by atoms with E-state index in [-0.39, 0.29) is 12.4 Å². The van der Waals surface area contributed by atoms with Crippen molar-refractivity contribution in [3.05, 3.63) is 59.9 Å². The Kier molecular flexibility index (Phi) is 3.84. The quantitative estimate of drug-likeness (QED) is 0.610. The van der Waals surface area contributed by atoms with E-state index in [1.807, 2.05) is 0 Å². The van der Waals surface area contributed by atoms with E-state index in [4.69, 9.17) is 4.74 Å². The van der Waals surface area contributed by atoms with Crippen LogP contribution in [0.2, 0.25) is 0 Å². The Morgan fingerprint density at radius 2 is 2.00 bits per heavy atom. The third-order valence-electron chi connectivity index (χ3n) is 2.34. The summed E-state index contributed by atoms with van der Waals surface area (Å²) in [6, 6.07) is 13.1. The molecule has 0 heterocycles. The van der Waals surface area contributed by atoms with Gasteiger partial charge < -0.3 is 4.74 Å². The summed E-state index contributed by atoms with van der Waals surface area (Å²) >= 11 is 0. The van der Waals surface area contributed by atoms with E-state index < -0.39 is 0 Å². The largest absolute Gasteiger partial charge is 0.489 e. The highest BCUT2D eigenvalue weighted by atomic mass is 19.1. The lowest BCUT2D eigenvalue weighted by molar-refractivity contribution is 0.300. The maximum absolute atomic E-state index is 13.3. The van der Waals surface area contributed by atoms with E-state index in [2.05, 4.69) is 4.99 Å². The second-order valence-electron chi connectivity index (χ2n) is 3.58. The first-order chi connectivity index (χ1) is 8.79. The van der Waals surface area contributed by atoms with Crippen molar-refractivity contribution in [2.75, 3.05) is 0 Å². The average Bonchev–Trinajstić information content (AvgIpc) is 2.39. The number of nitrogens with zero attached hydrogens (tertiary/aromatic N) is 1. The van der Waals surface area contributed by atoms with Gasteiger partial charge >= 0.3 is 0 Å². The molecule has 4 heteroatoms. The van der Waals surface area contributed by atoms with Crippen LogP contribution in [0.3, 0.4) is 0 Å². The van der Waals surface area contributed by atoms with Crippen molar-refractivity contribution in [1.29, 1.82) is 0 Å². The molecule has 0 amide bonds. The van der Waals surface area contributed by atoms with Gasteiger partial charge in [0.2, 0.25) is 6.08 Å². The van der Waals surface area contributed by atoms with Gasteiger partial charge in [-0.05, 0) is 18.2 Å². The number of benzene rings is 2. The topological polar surface area (TPSA) is 38.7 Å². The fourth-order valence-corrected chi connectivity index (χ4v) is 1.47. The molecule has 18 heavy (non-hydrogen) atoms. The zero-order valence-electron chi connectivity index (χ0n) is 9.47. The van der Waals surface area contributed by atoms with E-state index >= 15 is 0 Å². The van der Waals surface area contributed by atoms with Gasteiger partial charge in [-0.25, -0.2) is 9.18 Å². The van der Waals surface area contributed by atoms with Crippen molar-refractivity contribution in [2.45, 2.75) is 6.61 Å². The zero-order chi connectivity index (χ0) is 12.8. The highest BCUT2D eigenvalue weighted by Crippen LogP contribution is 2.20. The zero-order valence-corrected chi connectivity index (χ0v) is 9.47. The van der Waals surface area contributed by atoms with Crippen LogP contribution in [0, 0.1) is 5.82 Å².